The van der Waals surface area contributed by atoms with Gasteiger partial charge >= 0.3 is 11.3 Å². The molecule has 4 aromatic rings. The molecular weight excluding hydrogens is 336 g/mol. The first kappa shape index (κ1) is 15.9. The lowest BCUT2D eigenvalue weighted by molar-refractivity contribution is 0.103. The summed E-state index contributed by atoms with van der Waals surface area (Å²) in [4.78, 5) is 45.0. The molecule has 2 aromatic carbocycles. The Morgan fingerprint density at radius 2 is 1.19 bits per heavy atom. The number of carbonyl (C=O) groups excluding carboxylic acids is 1. The van der Waals surface area contributed by atoms with Crippen molar-refractivity contribution in [3.8, 4) is 0 Å². The normalized spacial score (nSPS) is 11.2. The molecule has 0 spiro atoms. The summed E-state index contributed by atoms with van der Waals surface area (Å²) in [5.41, 5.74) is 0.378. The lowest BCUT2D eigenvalue weighted by Crippen LogP contribution is -2.08. The van der Waals surface area contributed by atoms with Crippen LogP contribution in [0.5, 0.6) is 0 Å². The number of aromatic nitrogens is 2. The van der Waals surface area contributed by atoms with Crippen LogP contribution in [0.3, 0.4) is 0 Å². The SMILES string of the molecule is Cc1nc2ccc(C(=O)c3ccc4nc(C)oc(=O)c4c3)cc2c(=O)o1. The molecule has 0 aliphatic carbocycles. The lowest BCUT2D eigenvalue weighted by Gasteiger charge is -2.04. The van der Waals surface area contributed by atoms with Crippen LogP contribution in [0.1, 0.15) is 27.7 Å². The third kappa shape index (κ3) is 2.59. The van der Waals surface area contributed by atoms with E-state index in [-0.39, 0.29) is 28.3 Å². The first-order valence-electron chi connectivity index (χ1n) is 7.80. The largest absolute Gasteiger partial charge is 0.408 e. The number of carbonyl (C=O) groups is 1. The molecule has 7 nitrogen and oxygen atoms in total. The standard InChI is InChI=1S/C19H12N2O5/c1-9-20-15-5-3-11(7-13(15)18(23)25-9)17(22)12-4-6-16-14(8-12)19(24)26-10(2)21-16/h3-8H,1-2H3. The average Bonchev–Trinajstić information content (AvgIpc) is 2.60. The van der Waals surface area contributed by atoms with E-state index < -0.39 is 11.3 Å². The molecule has 0 saturated heterocycles. The maximum absolute atomic E-state index is 12.8. The Morgan fingerprint density at radius 1 is 0.769 bits per heavy atom. The summed E-state index contributed by atoms with van der Waals surface area (Å²) >= 11 is 0. The number of hydrogen-bond acceptors (Lipinski definition) is 7. The molecule has 0 aliphatic rings. The summed E-state index contributed by atoms with van der Waals surface area (Å²) < 4.78 is 9.95. The molecule has 0 saturated carbocycles. The van der Waals surface area contributed by atoms with E-state index in [2.05, 4.69) is 9.97 Å². The number of benzene rings is 2. The van der Waals surface area contributed by atoms with Crippen LogP contribution in [0.25, 0.3) is 21.8 Å². The van der Waals surface area contributed by atoms with Gasteiger partial charge in [-0.2, -0.15) is 0 Å². The van der Waals surface area contributed by atoms with E-state index in [1.165, 1.54) is 12.1 Å². The minimum absolute atomic E-state index is 0.221. The molecule has 0 aliphatic heterocycles. The average molecular weight is 348 g/mol. The van der Waals surface area contributed by atoms with Crippen molar-refractivity contribution < 1.29 is 13.6 Å². The van der Waals surface area contributed by atoms with Gasteiger partial charge in [-0.25, -0.2) is 19.6 Å². The van der Waals surface area contributed by atoms with E-state index in [0.29, 0.717) is 22.2 Å². The second kappa shape index (κ2) is 5.73. The minimum Gasteiger partial charge on any atom is -0.408 e. The molecule has 4 rings (SSSR count). The van der Waals surface area contributed by atoms with Crippen LogP contribution >= 0.6 is 0 Å². The Bertz CT molecular complexity index is 1220. The van der Waals surface area contributed by atoms with E-state index >= 15 is 0 Å². The van der Waals surface area contributed by atoms with Crippen molar-refractivity contribution >= 4 is 27.6 Å². The number of hydrogen-bond donors (Lipinski definition) is 0. The molecule has 7 heteroatoms. The number of aryl methyl sites for hydroxylation is 2. The molecule has 0 fully saturated rings. The van der Waals surface area contributed by atoms with Crippen molar-refractivity contribution in [3.05, 3.63) is 80.1 Å². The smallest absolute Gasteiger partial charge is 0.346 e. The van der Waals surface area contributed by atoms with Crippen LogP contribution in [0.2, 0.25) is 0 Å². The Kier molecular flexibility index (Phi) is 3.50. The van der Waals surface area contributed by atoms with Gasteiger partial charge in [-0.1, -0.05) is 0 Å². The molecule has 0 atom stereocenters. The second-order valence-electron chi connectivity index (χ2n) is 5.83. The maximum atomic E-state index is 12.8. The van der Waals surface area contributed by atoms with Gasteiger partial charge in [0.1, 0.15) is 0 Å². The molecule has 0 unspecified atom stereocenters. The van der Waals surface area contributed by atoms with Crippen molar-refractivity contribution in [2.75, 3.05) is 0 Å². The summed E-state index contributed by atoms with van der Waals surface area (Å²) in [6, 6.07) is 9.22. The molecule has 2 aromatic heterocycles. The highest BCUT2D eigenvalue weighted by atomic mass is 16.4. The Balaban J connectivity index is 1.85. The van der Waals surface area contributed by atoms with Crippen LogP contribution < -0.4 is 11.3 Å². The fourth-order valence-electron chi connectivity index (χ4n) is 2.81. The predicted octanol–water partition coefficient (Wildman–Crippen LogP) is 2.54. The van der Waals surface area contributed by atoms with E-state index in [4.69, 9.17) is 8.83 Å². The molecular formula is C19H12N2O5. The third-order valence-electron chi connectivity index (χ3n) is 3.99. The van der Waals surface area contributed by atoms with Crippen LogP contribution in [-0.2, 0) is 0 Å². The third-order valence-corrected chi connectivity index (χ3v) is 3.99. The zero-order valence-electron chi connectivity index (χ0n) is 13.9. The highest BCUT2D eigenvalue weighted by Crippen LogP contribution is 2.18. The molecule has 0 N–H and O–H groups in total. The lowest BCUT2D eigenvalue weighted by atomic mass is 10.0. The molecule has 2 heterocycles. The highest BCUT2D eigenvalue weighted by Gasteiger charge is 2.14. The number of fused-ring (bicyclic) bond motifs is 2. The van der Waals surface area contributed by atoms with E-state index in [0.717, 1.165) is 0 Å². The van der Waals surface area contributed by atoms with Crippen molar-refractivity contribution in [3.63, 3.8) is 0 Å². The predicted molar refractivity (Wildman–Crippen MR) is 93.5 cm³/mol. The summed E-state index contributed by atoms with van der Waals surface area (Å²) in [7, 11) is 0. The van der Waals surface area contributed by atoms with Gasteiger partial charge in [0.15, 0.2) is 17.6 Å². The first-order chi connectivity index (χ1) is 12.4. The van der Waals surface area contributed by atoms with Crippen LogP contribution in [-0.4, -0.2) is 15.8 Å². The fraction of sp³-hybridized carbons (Fsp3) is 0.105. The van der Waals surface area contributed by atoms with E-state index in [1.807, 2.05) is 0 Å². The summed E-state index contributed by atoms with van der Waals surface area (Å²) in [5, 5.41) is 0.443. The zero-order chi connectivity index (χ0) is 18.4. The Labute approximate surface area is 145 Å². The van der Waals surface area contributed by atoms with Gasteiger partial charge in [0.2, 0.25) is 0 Å². The number of rotatable bonds is 2. The van der Waals surface area contributed by atoms with Crippen molar-refractivity contribution in [1.82, 2.24) is 9.97 Å². The summed E-state index contributed by atoms with van der Waals surface area (Å²) in [6.45, 7) is 3.16. The summed E-state index contributed by atoms with van der Waals surface area (Å²) in [5.74, 6) is 0.171. The van der Waals surface area contributed by atoms with E-state index in [1.54, 1.807) is 38.1 Å². The Hall–Kier alpha value is -3.61. The maximum Gasteiger partial charge on any atom is 0.346 e. The zero-order valence-corrected chi connectivity index (χ0v) is 13.9. The van der Waals surface area contributed by atoms with Gasteiger partial charge in [0.25, 0.3) is 0 Å². The van der Waals surface area contributed by atoms with Crippen molar-refractivity contribution in [1.29, 1.82) is 0 Å². The van der Waals surface area contributed by atoms with Crippen LogP contribution in [0.15, 0.2) is 54.8 Å². The monoisotopic (exact) mass is 348 g/mol. The molecule has 26 heavy (non-hydrogen) atoms. The minimum atomic E-state index is -0.555. The number of nitrogens with zero attached hydrogens (tertiary/aromatic N) is 2. The highest BCUT2D eigenvalue weighted by molar-refractivity contribution is 6.11. The molecule has 0 radical (unpaired) electrons. The van der Waals surface area contributed by atoms with Gasteiger partial charge in [0, 0.05) is 25.0 Å². The van der Waals surface area contributed by atoms with Gasteiger partial charge in [-0.15, -0.1) is 0 Å². The summed E-state index contributed by atoms with van der Waals surface area (Å²) in [6.07, 6.45) is 0. The van der Waals surface area contributed by atoms with Gasteiger partial charge in [-0.05, 0) is 36.4 Å². The van der Waals surface area contributed by atoms with E-state index in [9.17, 15) is 14.4 Å². The molecule has 0 amide bonds. The fourth-order valence-corrected chi connectivity index (χ4v) is 2.81. The van der Waals surface area contributed by atoms with Crippen molar-refractivity contribution in [2.45, 2.75) is 13.8 Å². The van der Waals surface area contributed by atoms with Gasteiger partial charge in [-0.3, -0.25) is 4.79 Å². The molecule has 128 valence electrons. The van der Waals surface area contributed by atoms with Crippen LogP contribution in [0.4, 0.5) is 0 Å². The first-order valence-corrected chi connectivity index (χ1v) is 7.80. The second-order valence-corrected chi connectivity index (χ2v) is 5.83. The topological polar surface area (TPSA) is 103 Å². The quantitative estimate of drug-likeness (QED) is 0.513. The van der Waals surface area contributed by atoms with Gasteiger partial charge in [0.05, 0.1) is 21.8 Å². The molecule has 0 bridgehead atoms. The Morgan fingerprint density at radius 3 is 1.62 bits per heavy atom. The van der Waals surface area contributed by atoms with Crippen LogP contribution in [0, 0.1) is 13.8 Å². The number of ketones is 1. The van der Waals surface area contributed by atoms with Gasteiger partial charge < -0.3 is 8.83 Å². The van der Waals surface area contributed by atoms with Crippen molar-refractivity contribution in [2.24, 2.45) is 0 Å².